The highest BCUT2D eigenvalue weighted by atomic mass is 32.2. The number of hydrogen-bond donors (Lipinski definition) is 1. The van der Waals surface area contributed by atoms with E-state index < -0.39 is 30.5 Å². The molecule has 0 bridgehead atoms. The molecule has 1 N–H and O–H groups in total. The van der Waals surface area contributed by atoms with Crippen LogP contribution in [0.5, 0.6) is 0 Å². The fourth-order valence-corrected chi connectivity index (χ4v) is 3.46. The monoisotopic (exact) mass is 346 g/mol. The SMILES string of the molecule is Cc1cccc(NC(=O)[C@@H]2CSCN2C(=O)CC(F)(F)F)c1C. The number of carbonyl (C=O) groups excluding carboxylic acids is 2. The molecule has 0 aromatic heterocycles. The molecule has 0 radical (unpaired) electrons. The molecule has 0 aliphatic carbocycles. The molecule has 2 amide bonds. The Morgan fingerprint density at radius 2 is 2.04 bits per heavy atom. The van der Waals surface area contributed by atoms with E-state index in [1.54, 1.807) is 12.1 Å². The van der Waals surface area contributed by atoms with Crippen LogP contribution < -0.4 is 5.32 Å². The zero-order chi connectivity index (χ0) is 17.2. The van der Waals surface area contributed by atoms with E-state index in [-0.39, 0.29) is 5.88 Å². The highest BCUT2D eigenvalue weighted by molar-refractivity contribution is 7.99. The van der Waals surface area contributed by atoms with Gasteiger partial charge >= 0.3 is 6.18 Å². The average Bonchev–Trinajstić information content (AvgIpc) is 2.91. The number of hydrogen-bond acceptors (Lipinski definition) is 3. The Labute approximate surface area is 136 Å². The van der Waals surface area contributed by atoms with Crippen LogP contribution in [-0.2, 0) is 9.59 Å². The normalized spacial score (nSPS) is 18.1. The first-order valence-corrected chi connectivity index (χ1v) is 8.15. The summed E-state index contributed by atoms with van der Waals surface area (Å²) in [6.07, 6.45) is -6.11. The van der Waals surface area contributed by atoms with Crippen molar-refractivity contribution in [2.45, 2.75) is 32.5 Å². The number of anilines is 1. The van der Waals surface area contributed by atoms with Gasteiger partial charge in [0.05, 0.1) is 5.88 Å². The molecule has 1 saturated heterocycles. The Morgan fingerprint density at radius 1 is 1.35 bits per heavy atom. The zero-order valence-electron chi connectivity index (χ0n) is 12.7. The summed E-state index contributed by atoms with van der Waals surface area (Å²) in [6.45, 7) is 3.75. The lowest BCUT2D eigenvalue weighted by Crippen LogP contribution is -2.45. The van der Waals surface area contributed by atoms with Crippen LogP contribution >= 0.6 is 11.8 Å². The quantitative estimate of drug-likeness (QED) is 0.915. The van der Waals surface area contributed by atoms with Crippen LogP contribution in [0.2, 0.25) is 0 Å². The molecule has 0 unspecified atom stereocenters. The van der Waals surface area contributed by atoms with Crippen LogP contribution in [0.15, 0.2) is 18.2 Å². The summed E-state index contributed by atoms with van der Waals surface area (Å²) in [5, 5.41) is 2.71. The van der Waals surface area contributed by atoms with Gasteiger partial charge < -0.3 is 10.2 Å². The third-order valence-electron chi connectivity index (χ3n) is 3.72. The van der Waals surface area contributed by atoms with Crippen molar-refractivity contribution >= 4 is 29.3 Å². The average molecular weight is 346 g/mol. The highest BCUT2D eigenvalue weighted by Gasteiger charge is 2.40. The predicted octanol–water partition coefficient (Wildman–Crippen LogP) is 3.10. The van der Waals surface area contributed by atoms with Gasteiger partial charge in [-0.3, -0.25) is 9.59 Å². The Balaban J connectivity index is 2.09. The number of thioether (sulfide) groups is 1. The van der Waals surface area contributed by atoms with Crippen molar-refractivity contribution in [3.63, 3.8) is 0 Å². The molecule has 1 atom stereocenters. The number of aryl methyl sites for hydroxylation is 1. The van der Waals surface area contributed by atoms with Crippen molar-refractivity contribution in [2.24, 2.45) is 0 Å². The van der Waals surface area contributed by atoms with Gasteiger partial charge in [0.25, 0.3) is 0 Å². The third kappa shape index (κ3) is 4.40. The van der Waals surface area contributed by atoms with E-state index in [1.807, 2.05) is 19.9 Å². The predicted molar refractivity (Wildman–Crippen MR) is 83.2 cm³/mol. The molecule has 8 heteroatoms. The molecular weight excluding hydrogens is 329 g/mol. The van der Waals surface area contributed by atoms with Crippen LogP contribution in [0.1, 0.15) is 17.5 Å². The molecule has 4 nitrogen and oxygen atoms in total. The molecule has 1 aliphatic rings. The van der Waals surface area contributed by atoms with Gasteiger partial charge in [-0.25, -0.2) is 0 Å². The maximum Gasteiger partial charge on any atom is 0.397 e. The van der Waals surface area contributed by atoms with Gasteiger partial charge in [-0.2, -0.15) is 13.2 Å². The minimum atomic E-state index is -4.57. The number of nitrogens with one attached hydrogen (secondary N) is 1. The Bertz CT molecular complexity index is 619. The summed E-state index contributed by atoms with van der Waals surface area (Å²) < 4.78 is 37.1. The molecule has 1 aromatic carbocycles. The maximum atomic E-state index is 12.4. The third-order valence-corrected chi connectivity index (χ3v) is 4.73. The summed E-state index contributed by atoms with van der Waals surface area (Å²) in [7, 11) is 0. The van der Waals surface area contributed by atoms with E-state index in [0.717, 1.165) is 16.0 Å². The lowest BCUT2D eigenvalue weighted by Gasteiger charge is -2.24. The van der Waals surface area contributed by atoms with E-state index in [4.69, 9.17) is 0 Å². The van der Waals surface area contributed by atoms with Crippen molar-refractivity contribution in [2.75, 3.05) is 16.9 Å². The zero-order valence-corrected chi connectivity index (χ0v) is 13.6. The van der Waals surface area contributed by atoms with Gasteiger partial charge in [0, 0.05) is 11.4 Å². The number of halogens is 3. The smallest absolute Gasteiger partial charge is 0.324 e. The summed E-state index contributed by atoms with van der Waals surface area (Å²) in [6, 6.07) is 4.53. The molecule has 23 heavy (non-hydrogen) atoms. The number of alkyl halides is 3. The second-order valence-electron chi connectivity index (χ2n) is 5.41. The van der Waals surface area contributed by atoms with Crippen LogP contribution in [0.4, 0.5) is 18.9 Å². The Hall–Kier alpha value is -1.70. The largest absolute Gasteiger partial charge is 0.397 e. The van der Waals surface area contributed by atoms with E-state index in [9.17, 15) is 22.8 Å². The van der Waals surface area contributed by atoms with Gasteiger partial charge in [-0.05, 0) is 31.0 Å². The van der Waals surface area contributed by atoms with Gasteiger partial charge in [0.2, 0.25) is 11.8 Å². The van der Waals surface area contributed by atoms with E-state index in [1.165, 1.54) is 11.8 Å². The van der Waals surface area contributed by atoms with Crippen molar-refractivity contribution in [3.05, 3.63) is 29.3 Å². The van der Waals surface area contributed by atoms with Crippen molar-refractivity contribution in [3.8, 4) is 0 Å². The van der Waals surface area contributed by atoms with Crippen LogP contribution in [0.25, 0.3) is 0 Å². The first kappa shape index (κ1) is 17.7. The summed E-state index contributed by atoms with van der Waals surface area (Å²) in [5.74, 6) is -1.14. The molecule has 126 valence electrons. The minimum absolute atomic E-state index is 0.0970. The van der Waals surface area contributed by atoms with E-state index in [2.05, 4.69) is 5.32 Å². The van der Waals surface area contributed by atoms with Crippen LogP contribution in [-0.4, -0.2) is 40.6 Å². The summed E-state index contributed by atoms with van der Waals surface area (Å²) in [4.78, 5) is 25.1. The van der Waals surface area contributed by atoms with Crippen LogP contribution in [0.3, 0.4) is 0 Å². The lowest BCUT2D eigenvalue weighted by atomic mass is 10.1. The number of carbonyl (C=O) groups is 2. The fraction of sp³-hybridized carbons (Fsp3) is 0.467. The standard InChI is InChI=1S/C15H17F3N2O2S/c1-9-4-3-5-11(10(9)2)19-14(22)12-7-23-8-20(12)13(21)6-15(16,17)18/h3-5,12H,6-8H2,1-2H3,(H,19,22)/t12-/m0/s1. The van der Waals surface area contributed by atoms with Gasteiger partial charge in [-0.15, -0.1) is 11.8 Å². The van der Waals surface area contributed by atoms with Gasteiger partial charge in [0.1, 0.15) is 12.5 Å². The van der Waals surface area contributed by atoms with Crippen LogP contribution in [0, 0.1) is 13.8 Å². The van der Waals surface area contributed by atoms with E-state index >= 15 is 0 Å². The number of rotatable bonds is 3. The van der Waals surface area contributed by atoms with Crippen molar-refractivity contribution in [1.29, 1.82) is 0 Å². The molecular formula is C15H17F3N2O2S. The molecule has 1 heterocycles. The Kier molecular flexibility index (Phi) is 5.23. The van der Waals surface area contributed by atoms with Crippen molar-refractivity contribution < 1.29 is 22.8 Å². The second kappa shape index (κ2) is 6.82. The molecule has 1 fully saturated rings. The van der Waals surface area contributed by atoms with E-state index in [0.29, 0.717) is 11.4 Å². The molecule has 1 aliphatic heterocycles. The number of nitrogens with zero attached hydrogens (tertiary/aromatic N) is 1. The first-order chi connectivity index (χ1) is 10.7. The summed E-state index contributed by atoms with van der Waals surface area (Å²) >= 11 is 1.27. The first-order valence-electron chi connectivity index (χ1n) is 7.00. The topological polar surface area (TPSA) is 49.4 Å². The fourth-order valence-electron chi connectivity index (χ4n) is 2.28. The number of amides is 2. The Morgan fingerprint density at radius 3 is 2.70 bits per heavy atom. The van der Waals surface area contributed by atoms with Crippen molar-refractivity contribution in [1.82, 2.24) is 4.90 Å². The molecule has 2 rings (SSSR count). The minimum Gasteiger partial charge on any atom is -0.324 e. The van der Waals surface area contributed by atoms with Gasteiger partial charge in [-0.1, -0.05) is 12.1 Å². The number of benzene rings is 1. The maximum absolute atomic E-state index is 12.4. The molecule has 0 spiro atoms. The molecule has 1 aromatic rings. The van der Waals surface area contributed by atoms with Gasteiger partial charge in [0.15, 0.2) is 0 Å². The highest BCUT2D eigenvalue weighted by Crippen LogP contribution is 2.28. The second-order valence-corrected chi connectivity index (χ2v) is 6.41. The molecule has 0 saturated carbocycles. The summed E-state index contributed by atoms with van der Waals surface area (Å²) in [5.41, 5.74) is 2.49. The lowest BCUT2D eigenvalue weighted by molar-refractivity contribution is -0.162.